The fourth-order valence-electron chi connectivity index (χ4n) is 1.71. The van der Waals surface area contributed by atoms with Gasteiger partial charge in [-0.1, -0.05) is 0 Å². The number of amides is 2. The third kappa shape index (κ3) is 4.08. The summed E-state index contributed by atoms with van der Waals surface area (Å²) in [7, 11) is 0. The molecule has 0 spiro atoms. The molecule has 1 aliphatic heterocycles. The van der Waals surface area contributed by atoms with Crippen molar-refractivity contribution in [2.45, 2.75) is 32.2 Å². The molecule has 0 radical (unpaired) electrons. The summed E-state index contributed by atoms with van der Waals surface area (Å²) in [6.07, 6.45) is 1.91. The van der Waals surface area contributed by atoms with Gasteiger partial charge in [0.1, 0.15) is 0 Å². The Morgan fingerprint density at radius 2 is 2.40 bits per heavy atom. The van der Waals surface area contributed by atoms with Crippen molar-refractivity contribution in [1.82, 2.24) is 10.2 Å². The number of rotatable bonds is 5. The lowest BCUT2D eigenvalue weighted by molar-refractivity contribution is -0.129. The highest BCUT2D eigenvalue weighted by Crippen LogP contribution is 2.09. The van der Waals surface area contributed by atoms with Crippen LogP contribution in [-0.4, -0.2) is 41.7 Å². The van der Waals surface area contributed by atoms with Crippen LogP contribution in [0.25, 0.3) is 0 Å². The monoisotopic (exact) mass is 232 g/mol. The van der Waals surface area contributed by atoms with Crippen molar-refractivity contribution >= 4 is 23.4 Å². The highest BCUT2D eigenvalue weighted by Gasteiger charge is 2.22. The fourth-order valence-corrected chi connectivity index (χ4v) is 1.88. The molecule has 1 rings (SSSR count). The van der Waals surface area contributed by atoms with Crippen LogP contribution in [0.4, 0.5) is 0 Å². The van der Waals surface area contributed by atoms with E-state index in [1.807, 2.05) is 6.92 Å². The normalized spacial score (nSPS) is 18.0. The van der Waals surface area contributed by atoms with E-state index in [-0.39, 0.29) is 17.9 Å². The Balaban J connectivity index is 2.26. The first kappa shape index (κ1) is 12.3. The quantitative estimate of drug-likeness (QED) is 0.711. The van der Waals surface area contributed by atoms with Crippen molar-refractivity contribution < 1.29 is 9.59 Å². The molecule has 5 heteroatoms. The maximum absolute atomic E-state index is 11.3. The molecule has 0 saturated carbocycles. The molecule has 1 atom stereocenters. The van der Waals surface area contributed by atoms with Gasteiger partial charge in [0.05, 0.1) is 0 Å². The number of hydrogen-bond acceptors (Lipinski definition) is 2. The molecule has 1 unspecified atom stereocenters. The van der Waals surface area contributed by atoms with Crippen LogP contribution in [0.1, 0.15) is 26.2 Å². The second-order valence-electron chi connectivity index (χ2n) is 3.85. The SMILES string of the molecule is CC(CN1CCCC1=O)NC(=O)CCCl. The van der Waals surface area contributed by atoms with Crippen molar-refractivity contribution in [2.75, 3.05) is 19.0 Å². The molecule has 1 fully saturated rings. The van der Waals surface area contributed by atoms with Crippen molar-refractivity contribution in [2.24, 2.45) is 0 Å². The molecule has 1 aliphatic rings. The minimum atomic E-state index is -0.0517. The smallest absolute Gasteiger partial charge is 0.222 e. The molecule has 86 valence electrons. The van der Waals surface area contributed by atoms with E-state index in [2.05, 4.69) is 5.32 Å². The lowest BCUT2D eigenvalue weighted by atomic mass is 10.3. The molecule has 1 heterocycles. The first-order valence-electron chi connectivity index (χ1n) is 5.26. The topological polar surface area (TPSA) is 49.4 Å². The van der Waals surface area contributed by atoms with Crippen molar-refractivity contribution in [3.8, 4) is 0 Å². The zero-order valence-corrected chi connectivity index (χ0v) is 9.72. The van der Waals surface area contributed by atoms with E-state index < -0.39 is 0 Å². The van der Waals surface area contributed by atoms with E-state index in [1.165, 1.54) is 0 Å². The molecule has 1 saturated heterocycles. The number of nitrogens with one attached hydrogen (secondary N) is 1. The van der Waals surface area contributed by atoms with Crippen molar-refractivity contribution in [1.29, 1.82) is 0 Å². The van der Waals surface area contributed by atoms with Crippen LogP contribution in [-0.2, 0) is 9.59 Å². The van der Waals surface area contributed by atoms with Crippen LogP contribution in [0.5, 0.6) is 0 Å². The van der Waals surface area contributed by atoms with Crippen LogP contribution in [0.2, 0.25) is 0 Å². The van der Waals surface area contributed by atoms with Crippen LogP contribution >= 0.6 is 11.6 Å². The molecule has 0 aliphatic carbocycles. The van der Waals surface area contributed by atoms with Crippen molar-refractivity contribution in [3.63, 3.8) is 0 Å². The summed E-state index contributed by atoms with van der Waals surface area (Å²) in [5.74, 6) is 0.471. The highest BCUT2D eigenvalue weighted by molar-refractivity contribution is 6.18. The van der Waals surface area contributed by atoms with E-state index >= 15 is 0 Å². The first-order chi connectivity index (χ1) is 7.13. The number of nitrogens with zero attached hydrogens (tertiary/aromatic N) is 1. The fraction of sp³-hybridized carbons (Fsp3) is 0.800. The number of hydrogen-bond donors (Lipinski definition) is 1. The van der Waals surface area contributed by atoms with Gasteiger partial charge in [0.25, 0.3) is 0 Å². The molecular formula is C10H17ClN2O2. The van der Waals surface area contributed by atoms with Gasteiger partial charge in [0.2, 0.25) is 11.8 Å². The van der Waals surface area contributed by atoms with Gasteiger partial charge in [-0.25, -0.2) is 0 Å². The molecular weight excluding hydrogens is 216 g/mol. The third-order valence-corrected chi connectivity index (χ3v) is 2.58. The molecule has 0 aromatic rings. The molecule has 2 amide bonds. The second kappa shape index (κ2) is 5.95. The number of alkyl halides is 1. The maximum atomic E-state index is 11.3. The van der Waals surface area contributed by atoms with Gasteiger partial charge < -0.3 is 10.2 Å². The predicted octanol–water partition coefficient (Wildman–Crippen LogP) is 0.742. The summed E-state index contributed by atoms with van der Waals surface area (Å²) in [6.45, 7) is 3.32. The van der Waals surface area contributed by atoms with E-state index in [0.717, 1.165) is 13.0 Å². The molecule has 15 heavy (non-hydrogen) atoms. The van der Waals surface area contributed by atoms with Gasteiger partial charge in [-0.2, -0.15) is 0 Å². The average Bonchev–Trinajstić information content (AvgIpc) is 2.52. The number of carbonyl (C=O) groups is 2. The van der Waals surface area contributed by atoms with Crippen LogP contribution < -0.4 is 5.32 Å². The second-order valence-corrected chi connectivity index (χ2v) is 4.23. The number of likely N-dealkylation sites (tertiary alicyclic amines) is 1. The summed E-state index contributed by atoms with van der Waals surface area (Å²) in [5, 5.41) is 2.81. The molecule has 1 N–H and O–H groups in total. The summed E-state index contributed by atoms with van der Waals surface area (Å²) in [6, 6.07) is 0.00256. The molecule has 0 bridgehead atoms. The van der Waals surface area contributed by atoms with E-state index in [0.29, 0.717) is 25.3 Å². The lowest BCUT2D eigenvalue weighted by Crippen LogP contribution is -2.42. The Morgan fingerprint density at radius 1 is 1.67 bits per heavy atom. The largest absolute Gasteiger partial charge is 0.352 e. The Hall–Kier alpha value is -0.770. The van der Waals surface area contributed by atoms with E-state index in [9.17, 15) is 9.59 Å². The maximum Gasteiger partial charge on any atom is 0.222 e. The van der Waals surface area contributed by atoms with Crippen LogP contribution in [0.3, 0.4) is 0 Å². The minimum Gasteiger partial charge on any atom is -0.352 e. The van der Waals surface area contributed by atoms with Crippen LogP contribution in [0.15, 0.2) is 0 Å². The highest BCUT2D eigenvalue weighted by atomic mass is 35.5. The summed E-state index contributed by atoms with van der Waals surface area (Å²) in [5.41, 5.74) is 0. The zero-order chi connectivity index (χ0) is 11.3. The molecule has 0 aromatic heterocycles. The van der Waals surface area contributed by atoms with Gasteiger partial charge in [0.15, 0.2) is 0 Å². The van der Waals surface area contributed by atoms with Gasteiger partial charge in [-0.3, -0.25) is 9.59 Å². The van der Waals surface area contributed by atoms with Gasteiger partial charge >= 0.3 is 0 Å². The van der Waals surface area contributed by atoms with Crippen LogP contribution in [0, 0.1) is 0 Å². The standard InChI is InChI=1S/C10H17ClN2O2/c1-8(12-9(14)4-5-11)7-13-6-2-3-10(13)15/h8H,2-7H2,1H3,(H,12,14). The van der Waals surface area contributed by atoms with Gasteiger partial charge in [-0.15, -0.1) is 11.6 Å². The summed E-state index contributed by atoms with van der Waals surface area (Å²) >= 11 is 5.45. The zero-order valence-electron chi connectivity index (χ0n) is 8.96. The lowest BCUT2D eigenvalue weighted by Gasteiger charge is -2.21. The molecule has 0 aromatic carbocycles. The average molecular weight is 233 g/mol. The van der Waals surface area contributed by atoms with E-state index in [4.69, 9.17) is 11.6 Å². The number of carbonyl (C=O) groups excluding carboxylic acids is 2. The Bertz CT molecular complexity index is 246. The summed E-state index contributed by atoms with van der Waals surface area (Å²) < 4.78 is 0. The third-order valence-electron chi connectivity index (χ3n) is 2.39. The predicted molar refractivity (Wildman–Crippen MR) is 58.8 cm³/mol. The van der Waals surface area contributed by atoms with Gasteiger partial charge in [-0.05, 0) is 13.3 Å². The Morgan fingerprint density at radius 3 is 2.93 bits per heavy atom. The van der Waals surface area contributed by atoms with Gasteiger partial charge in [0, 0.05) is 37.9 Å². The Labute approximate surface area is 95.0 Å². The van der Waals surface area contributed by atoms with E-state index in [1.54, 1.807) is 4.90 Å². The Kier molecular flexibility index (Phi) is 4.88. The number of halogens is 1. The minimum absolute atomic E-state index is 0.00256. The first-order valence-corrected chi connectivity index (χ1v) is 5.80. The summed E-state index contributed by atoms with van der Waals surface area (Å²) in [4.78, 5) is 24.3. The molecule has 4 nitrogen and oxygen atoms in total. The van der Waals surface area contributed by atoms with Crippen molar-refractivity contribution in [3.05, 3.63) is 0 Å².